The summed E-state index contributed by atoms with van der Waals surface area (Å²) in [6.45, 7) is 1.53. The maximum Gasteiger partial charge on any atom is 0.252 e. The van der Waals surface area contributed by atoms with Crippen LogP contribution in [0.15, 0.2) is 60.7 Å². The number of amides is 2. The zero-order valence-electron chi connectivity index (χ0n) is 21.9. The molecule has 5 rings (SSSR count). The zero-order valence-corrected chi connectivity index (χ0v) is 21.9. The second-order valence-corrected chi connectivity index (χ2v) is 11.0. The molecule has 9 heteroatoms. The van der Waals surface area contributed by atoms with Crippen LogP contribution in [-0.2, 0) is 15.1 Å². The molecule has 3 aromatic rings. The molecular formula is C30H33F2N5O2. The number of benzene rings is 2. The molecule has 4 N–H and O–H groups in total. The van der Waals surface area contributed by atoms with E-state index in [4.69, 9.17) is 5.73 Å². The van der Waals surface area contributed by atoms with Crippen molar-refractivity contribution < 1.29 is 18.4 Å². The van der Waals surface area contributed by atoms with Gasteiger partial charge in [0.05, 0.1) is 5.54 Å². The quantitative estimate of drug-likeness (QED) is 0.376. The number of hydrogen-bond acceptors (Lipinski definition) is 5. The average molecular weight is 534 g/mol. The van der Waals surface area contributed by atoms with Crippen molar-refractivity contribution in [3.05, 3.63) is 66.2 Å². The third kappa shape index (κ3) is 6.30. The van der Waals surface area contributed by atoms with Crippen LogP contribution in [-0.4, -0.2) is 34.0 Å². The van der Waals surface area contributed by atoms with E-state index in [1.807, 2.05) is 48.5 Å². The van der Waals surface area contributed by atoms with Gasteiger partial charge in [0, 0.05) is 43.4 Å². The Morgan fingerprint density at radius 2 is 1.62 bits per heavy atom. The van der Waals surface area contributed by atoms with Crippen LogP contribution in [0.4, 0.5) is 14.6 Å². The molecule has 2 aromatic carbocycles. The van der Waals surface area contributed by atoms with Crippen LogP contribution in [0.25, 0.3) is 22.4 Å². The Hall–Kier alpha value is -3.72. The van der Waals surface area contributed by atoms with Gasteiger partial charge in [0.15, 0.2) is 5.82 Å². The zero-order chi connectivity index (χ0) is 27.6. The predicted octanol–water partition coefficient (Wildman–Crippen LogP) is 5.42. The topological polar surface area (TPSA) is 110 Å². The molecule has 7 nitrogen and oxygen atoms in total. The van der Waals surface area contributed by atoms with E-state index in [2.05, 4.69) is 20.8 Å². The highest BCUT2D eigenvalue weighted by Crippen LogP contribution is 2.50. The number of anilines is 1. The van der Waals surface area contributed by atoms with Gasteiger partial charge in [-0.25, -0.2) is 8.78 Å². The van der Waals surface area contributed by atoms with Crippen molar-refractivity contribution in [1.82, 2.24) is 15.5 Å². The van der Waals surface area contributed by atoms with Crippen molar-refractivity contribution in [1.29, 1.82) is 0 Å². The molecule has 39 heavy (non-hydrogen) atoms. The number of nitrogens with zero attached hydrogens (tertiary/aromatic N) is 2. The maximum atomic E-state index is 13.5. The number of hydrogen-bond donors (Lipinski definition) is 3. The minimum atomic E-state index is -2.72. The van der Waals surface area contributed by atoms with Crippen LogP contribution >= 0.6 is 0 Å². The lowest BCUT2D eigenvalue weighted by Crippen LogP contribution is -2.55. The Morgan fingerprint density at radius 3 is 2.23 bits per heavy atom. The molecule has 2 saturated carbocycles. The van der Waals surface area contributed by atoms with Crippen LogP contribution in [0.3, 0.4) is 0 Å². The van der Waals surface area contributed by atoms with Gasteiger partial charge >= 0.3 is 0 Å². The number of carbonyl (C=O) groups is 2. The Labute approximate surface area is 226 Å². The largest absolute Gasteiger partial charge is 0.354 e. The third-order valence-corrected chi connectivity index (χ3v) is 7.76. The van der Waals surface area contributed by atoms with Crippen molar-refractivity contribution in [3.8, 4) is 22.4 Å². The molecule has 1 aromatic heterocycles. The van der Waals surface area contributed by atoms with Crippen LogP contribution in [0, 0.1) is 5.92 Å². The first-order chi connectivity index (χ1) is 18.6. The van der Waals surface area contributed by atoms with Crippen molar-refractivity contribution in [2.24, 2.45) is 11.7 Å². The monoisotopic (exact) mass is 533 g/mol. The molecule has 0 bridgehead atoms. The van der Waals surface area contributed by atoms with E-state index < -0.39 is 11.5 Å². The minimum absolute atomic E-state index is 0.0188. The summed E-state index contributed by atoms with van der Waals surface area (Å²) in [6, 6.07) is 18.9. The fourth-order valence-electron chi connectivity index (χ4n) is 5.79. The van der Waals surface area contributed by atoms with Crippen molar-refractivity contribution >= 4 is 17.6 Å². The van der Waals surface area contributed by atoms with Gasteiger partial charge in [-0.15, -0.1) is 10.2 Å². The van der Waals surface area contributed by atoms with Gasteiger partial charge in [-0.3, -0.25) is 9.59 Å². The van der Waals surface area contributed by atoms with Crippen molar-refractivity contribution in [3.63, 3.8) is 0 Å². The fraction of sp³-hybridized carbons (Fsp3) is 0.400. The normalized spacial score (nSPS) is 21.4. The lowest BCUT2D eigenvalue weighted by atomic mass is 9.70. The second-order valence-electron chi connectivity index (χ2n) is 11.0. The summed E-state index contributed by atoms with van der Waals surface area (Å²) in [5, 5.41) is 14.6. The summed E-state index contributed by atoms with van der Waals surface area (Å²) in [5.41, 5.74) is 8.94. The summed E-state index contributed by atoms with van der Waals surface area (Å²) >= 11 is 0. The molecule has 2 fully saturated rings. The molecule has 0 aliphatic heterocycles. The summed E-state index contributed by atoms with van der Waals surface area (Å²) in [6.07, 6.45) is 3.18. The van der Waals surface area contributed by atoms with Crippen molar-refractivity contribution in [2.75, 3.05) is 5.32 Å². The van der Waals surface area contributed by atoms with E-state index >= 15 is 0 Å². The molecule has 1 heterocycles. The highest BCUT2D eigenvalue weighted by molar-refractivity contribution is 5.91. The Balaban J connectivity index is 1.31. The number of alkyl halides is 2. The first-order valence-electron chi connectivity index (χ1n) is 13.4. The molecule has 0 radical (unpaired) electrons. The predicted molar refractivity (Wildman–Crippen MR) is 146 cm³/mol. The SMILES string of the molecule is CC(=O)N[C@H]1CC[C@H](CC(=O)Nc2cc(-c3ccccc3)c(-c3ccc(C4(N)CC(F)(F)C4)cc3)nn2)CC1. The number of halogens is 2. The number of nitrogens with two attached hydrogens (primary N) is 1. The molecular weight excluding hydrogens is 500 g/mol. The fourth-order valence-corrected chi connectivity index (χ4v) is 5.79. The molecule has 2 aliphatic rings. The van der Waals surface area contributed by atoms with E-state index in [-0.39, 0.29) is 36.6 Å². The Bertz CT molecular complexity index is 1330. The van der Waals surface area contributed by atoms with Gasteiger partial charge in [0.2, 0.25) is 11.8 Å². The highest BCUT2D eigenvalue weighted by atomic mass is 19.3. The van der Waals surface area contributed by atoms with Gasteiger partial charge in [-0.1, -0.05) is 54.6 Å². The number of rotatable bonds is 7. The maximum absolute atomic E-state index is 13.5. The summed E-state index contributed by atoms with van der Waals surface area (Å²) in [5.74, 6) is -2.23. The molecule has 0 atom stereocenters. The molecule has 2 aliphatic carbocycles. The average Bonchev–Trinajstić information content (AvgIpc) is 2.89. The summed E-state index contributed by atoms with van der Waals surface area (Å²) in [7, 11) is 0. The molecule has 0 unspecified atom stereocenters. The smallest absolute Gasteiger partial charge is 0.252 e. The number of nitrogens with one attached hydrogen (secondary N) is 2. The first-order valence-corrected chi connectivity index (χ1v) is 13.4. The van der Waals surface area contributed by atoms with Crippen LogP contribution in [0.2, 0.25) is 0 Å². The van der Waals surface area contributed by atoms with E-state index in [0.29, 0.717) is 23.5 Å². The Kier molecular flexibility index (Phi) is 7.44. The first kappa shape index (κ1) is 26.9. The van der Waals surface area contributed by atoms with E-state index in [9.17, 15) is 18.4 Å². The van der Waals surface area contributed by atoms with Gasteiger partial charge in [-0.2, -0.15) is 0 Å². The van der Waals surface area contributed by atoms with E-state index in [0.717, 1.165) is 42.4 Å². The van der Waals surface area contributed by atoms with Gasteiger partial charge in [0.1, 0.15) is 5.69 Å². The summed E-state index contributed by atoms with van der Waals surface area (Å²) in [4.78, 5) is 24.1. The van der Waals surface area contributed by atoms with Crippen LogP contribution in [0.5, 0.6) is 0 Å². The van der Waals surface area contributed by atoms with Gasteiger partial charge < -0.3 is 16.4 Å². The standard InChI is InChI=1S/C30H33F2N5O2/c1-19(38)34-24-13-7-20(8-14-24)15-27(39)35-26-16-25(21-5-3-2-4-6-21)28(37-36-26)22-9-11-23(12-10-22)29(33)17-30(31,32)18-29/h2-6,9-12,16,20,24H,7-8,13-15,17-18,33H2,1H3,(H,34,38)(H,35,36,39)/t20-,24-. The van der Waals surface area contributed by atoms with E-state index in [1.54, 1.807) is 12.1 Å². The molecule has 2 amide bonds. The van der Waals surface area contributed by atoms with Crippen molar-refractivity contribution in [2.45, 2.75) is 69.4 Å². The molecule has 0 spiro atoms. The summed E-state index contributed by atoms with van der Waals surface area (Å²) < 4.78 is 27.0. The molecule has 0 saturated heterocycles. The number of aromatic nitrogens is 2. The van der Waals surface area contributed by atoms with Crippen LogP contribution < -0.4 is 16.4 Å². The Morgan fingerprint density at radius 1 is 0.949 bits per heavy atom. The van der Waals surface area contributed by atoms with Gasteiger partial charge in [-0.05, 0) is 48.8 Å². The second kappa shape index (κ2) is 10.8. The van der Waals surface area contributed by atoms with E-state index in [1.165, 1.54) is 6.92 Å². The minimum Gasteiger partial charge on any atom is -0.354 e. The molecule has 204 valence electrons. The van der Waals surface area contributed by atoms with Gasteiger partial charge in [0.25, 0.3) is 5.92 Å². The van der Waals surface area contributed by atoms with Crippen LogP contribution in [0.1, 0.15) is 57.4 Å². The third-order valence-electron chi connectivity index (χ3n) is 7.76. The highest BCUT2D eigenvalue weighted by Gasteiger charge is 2.55. The lowest BCUT2D eigenvalue weighted by Gasteiger charge is -2.44. The lowest BCUT2D eigenvalue weighted by molar-refractivity contribution is -0.125. The number of carbonyl (C=O) groups excluding carboxylic acids is 2.